The van der Waals surface area contributed by atoms with Gasteiger partial charge in [0.25, 0.3) is 0 Å². The highest BCUT2D eigenvalue weighted by Gasteiger charge is 2.31. The molecule has 32 heavy (non-hydrogen) atoms. The van der Waals surface area contributed by atoms with E-state index in [0.29, 0.717) is 38.5 Å². The predicted octanol–water partition coefficient (Wildman–Crippen LogP) is -3.45. The molecule has 184 valence electrons. The summed E-state index contributed by atoms with van der Waals surface area (Å²) in [6.45, 7) is 3.47. The first kappa shape index (κ1) is 29.2. The number of nitrogens with one attached hydrogen (secondary N) is 3. The van der Waals surface area contributed by atoms with E-state index < -0.39 is 48.0 Å². The minimum Gasteiger partial charge on any atom is -0.391 e. The van der Waals surface area contributed by atoms with E-state index in [1.165, 1.54) is 13.8 Å². The molecule has 0 fully saturated rings. The quantitative estimate of drug-likeness (QED) is 0.0495. The Morgan fingerprint density at radius 1 is 0.969 bits per heavy atom. The number of nitrogens with two attached hydrogens (primary N) is 4. The number of aldehydes is 1. The van der Waals surface area contributed by atoms with Crippen LogP contribution in [-0.2, 0) is 19.2 Å². The van der Waals surface area contributed by atoms with Gasteiger partial charge in [-0.1, -0.05) is 0 Å². The largest absolute Gasteiger partial charge is 0.391 e. The SMILES string of the molecule is C[C@H](N)C(=O)N[C@@H](CCCN=C(N)N)C(=O)N[C@H](C(=O)N[C@H](C=O)CCCCN)[C@@H](C)O. The van der Waals surface area contributed by atoms with E-state index in [4.69, 9.17) is 22.9 Å². The van der Waals surface area contributed by atoms with Crippen LogP contribution in [0.1, 0.15) is 46.0 Å². The van der Waals surface area contributed by atoms with Crippen molar-refractivity contribution in [3.8, 4) is 0 Å². The van der Waals surface area contributed by atoms with Gasteiger partial charge in [0.05, 0.1) is 18.2 Å². The molecule has 0 radical (unpaired) electrons. The number of guanidine groups is 1. The first-order valence-corrected chi connectivity index (χ1v) is 10.6. The van der Waals surface area contributed by atoms with Gasteiger partial charge < -0.3 is 48.8 Å². The summed E-state index contributed by atoms with van der Waals surface area (Å²) in [7, 11) is 0. The molecule has 0 saturated heterocycles. The molecule has 0 rings (SSSR count). The fourth-order valence-corrected chi connectivity index (χ4v) is 2.69. The third-order valence-electron chi connectivity index (χ3n) is 4.52. The molecule has 0 bridgehead atoms. The van der Waals surface area contributed by atoms with Crippen molar-refractivity contribution in [1.82, 2.24) is 16.0 Å². The molecule has 13 heteroatoms. The summed E-state index contributed by atoms with van der Waals surface area (Å²) in [5.41, 5.74) is 21.5. The van der Waals surface area contributed by atoms with Gasteiger partial charge in [-0.05, 0) is 52.5 Å². The molecular formula is C19H38N8O5. The van der Waals surface area contributed by atoms with Crippen molar-refractivity contribution < 1.29 is 24.3 Å². The maximum atomic E-state index is 12.8. The van der Waals surface area contributed by atoms with Crippen LogP contribution in [-0.4, -0.2) is 78.4 Å². The Morgan fingerprint density at radius 3 is 2.12 bits per heavy atom. The second-order valence-electron chi connectivity index (χ2n) is 7.56. The van der Waals surface area contributed by atoms with E-state index in [1.807, 2.05) is 0 Å². The van der Waals surface area contributed by atoms with E-state index in [-0.39, 0.29) is 18.9 Å². The van der Waals surface area contributed by atoms with Crippen molar-refractivity contribution in [3.05, 3.63) is 0 Å². The summed E-state index contributed by atoms with van der Waals surface area (Å²) < 4.78 is 0. The van der Waals surface area contributed by atoms with Gasteiger partial charge in [-0.25, -0.2) is 0 Å². The van der Waals surface area contributed by atoms with Crippen LogP contribution in [0.5, 0.6) is 0 Å². The number of carbonyl (C=O) groups excluding carboxylic acids is 4. The Balaban J connectivity index is 5.22. The normalized spacial score (nSPS) is 15.4. The zero-order chi connectivity index (χ0) is 24.7. The summed E-state index contributed by atoms with van der Waals surface area (Å²) in [6, 6.07) is -4.02. The molecule has 3 amide bonds. The van der Waals surface area contributed by atoms with Gasteiger partial charge >= 0.3 is 0 Å². The van der Waals surface area contributed by atoms with Gasteiger partial charge in [-0.15, -0.1) is 0 Å². The van der Waals surface area contributed by atoms with Crippen LogP contribution in [0.25, 0.3) is 0 Å². The molecule has 0 spiro atoms. The summed E-state index contributed by atoms with van der Waals surface area (Å²) >= 11 is 0. The van der Waals surface area contributed by atoms with Gasteiger partial charge in [-0.2, -0.15) is 0 Å². The number of unbranched alkanes of at least 4 members (excludes halogenated alkanes) is 1. The smallest absolute Gasteiger partial charge is 0.245 e. The zero-order valence-corrected chi connectivity index (χ0v) is 18.8. The second-order valence-corrected chi connectivity index (χ2v) is 7.56. The van der Waals surface area contributed by atoms with Crippen molar-refractivity contribution in [3.63, 3.8) is 0 Å². The van der Waals surface area contributed by atoms with Crippen LogP contribution in [0.15, 0.2) is 4.99 Å². The van der Waals surface area contributed by atoms with E-state index in [1.54, 1.807) is 0 Å². The van der Waals surface area contributed by atoms with Crippen LogP contribution in [0, 0.1) is 0 Å². The van der Waals surface area contributed by atoms with Crippen molar-refractivity contribution >= 4 is 30.0 Å². The van der Waals surface area contributed by atoms with Gasteiger partial charge in [0, 0.05) is 6.54 Å². The molecule has 0 aliphatic rings. The molecule has 0 unspecified atom stereocenters. The fraction of sp³-hybridized carbons (Fsp3) is 0.737. The number of aliphatic imine (C=N–C) groups is 1. The molecule has 0 aromatic heterocycles. The van der Waals surface area contributed by atoms with Crippen molar-refractivity contribution in [2.75, 3.05) is 13.1 Å². The number of hydrogen-bond donors (Lipinski definition) is 8. The maximum absolute atomic E-state index is 12.8. The minimum absolute atomic E-state index is 0.104. The predicted molar refractivity (Wildman–Crippen MR) is 120 cm³/mol. The number of rotatable bonds is 16. The average molecular weight is 459 g/mol. The summed E-state index contributed by atoms with van der Waals surface area (Å²) in [4.78, 5) is 52.5. The van der Waals surface area contributed by atoms with E-state index in [9.17, 15) is 24.3 Å². The lowest BCUT2D eigenvalue weighted by atomic mass is 10.1. The maximum Gasteiger partial charge on any atom is 0.245 e. The van der Waals surface area contributed by atoms with E-state index >= 15 is 0 Å². The van der Waals surface area contributed by atoms with Gasteiger partial charge in [0.2, 0.25) is 17.7 Å². The fourth-order valence-electron chi connectivity index (χ4n) is 2.69. The first-order chi connectivity index (χ1) is 15.0. The standard InChI is InChI=1S/C19H38N8O5/c1-11(21)16(30)26-14(7-5-9-24-19(22)23)17(31)27-15(12(2)29)18(32)25-13(10-28)6-3-4-8-20/h10-15,29H,3-9,20-21H2,1-2H3,(H,25,32)(H,26,30)(H,27,31)(H4,22,23,24)/t11-,12+,13-,14-,15-/m0/s1. The van der Waals surface area contributed by atoms with Crippen molar-refractivity contribution in [1.29, 1.82) is 0 Å². The lowest BCUT2D eigenvalue weighted by molar-refractivity contribution is -0.135. The third-order valence-corrected chi connectivity index (χ3v) is 4.52. The van der Waals surface area contributed by atoms with Crippen LogP contribution in [0.2, 0.25) is 0 Å². The molecule has 0 saturated carbocycles. The van der Waals surface area contributed by atoms with Gasteiger partial charge in [-0.3, -0.25) is 19.4 Å². The first-order valence-electron chi connectivity index (χ1n) is 10.6. The molecule has 0 aromatic rings. The summed E-state index contributed by atoms with van der Waals surface area (Å²) in [5, 5.41) is 17.5. The summed E-state index contributed by atoms with van der Waals surface area (Å²) in [5.74, 6) is -2.09. The Bertz CT molecular complexity index is 637. The number of hydrogen-bond acceptors (Lipinski definition) is 8. The number of aliphatic hydroxyl groups is 1. The number of amides is 3. The van der Waals surface area contributed by atoms with Gasteiger partial charge in [0.1, 0.15) is 18.4 Å². The number of carbonyl (C=O) groups is 4. The van der Waals surface area contributed by atoms with Gasteiger partial charge in [0.15, 0.2) is 5.96 Å². The number of nitrogens with zero attached hydrogens (tertiary/aromatic N) is 1. The van der Waals surface area contributed by atoms with Crippen LogP contribution < -0.4 is 38.9 Å². The Labute approximate surface area is 188 Å². The Kier molecular flexibility index (Phi) is 14.6. The molecule has 13 nitrogen and oxygen atoms in total. The molecular weight excluding hydrogens is 420 g/mol. The van der Waals surface area contributed by atoms with Crippen LogP contribution >= 0.6 is 0 Å². The van der Waals surface area contributed by atoms with Crippen molar-refractivity contribution in [2.45, 2.75) is 76.2 Å². The van der Waals surface area contributed by atoms with E-state index in [2.05, 4.69) is 20.9 Å². The topological polar surface area (TPSA) is 241 Å². The average Bonchev–Trinajstić information content (AvgIpc) is 2.72. The second kappa shape index (κ2) is 15.9. The lowest BCUT2D eigenvalue weighted by Crippen LogP contribution is -2.59. The highest BCUT2D eigenvalue weighted by molar-refractivity contribution is 5.93. The molecule has 12 N–H and O–H groups in total. The molecule has 0 aliphatic heterocycles. The monoisotopic (exact) mass is 458 g/mol. The van der Waals surface area contributed by atoms with E-state index in [0.717, 1.165) is 0 Å². The van der Waals surface area contributed by atoms with Crippen molar-refractivity contribution in [2.24, 2.45) is 27.9 Å². The molecule has 0 aromatic carbocycles. The minimum atomic E-state index is -1.34. The third kappa shape index (κ3) is 12.2. The highest BCUT2D eigenvalue weighted by atomic mass is 16.3. The summed E-state index contributed by atoms with van der Waals surface area (Å²) in [6.07, 6.45) is 1.54. The Hall–Kier alpha value is -2.77. The molecule has 0 aliphatic carbocycles. The molecule has 5 atom stereocenters. The number of aliphatic hydroxyl groups excluding tert-OH is 1. The van der Waals surface area contributed by atoms with Crippen LogP contribution in [0.3, 0.4) is 0 Å². The Morgan fingerprint density at radius 2 is 1.62 bits per heavy atom. The van der Waals surface area contributed by atoms with Crippen LogP contribution in [0.4, 0.5) is 0 Å². The molecule has 0 heterocycles. The lowest BCUT2D eigenvalue weighted by Gasteiger charge is -2.26. The highest BCUT2D eigenvalue weighted by Crippen LogP contribution is 2.04. The zero-order valence-electron chi connectivity index (χ0n) is 18.8.